The maximum absolute atomic E-state index is 13.8. The highest BCUT2D eigenvalue weighted by Crippen LogP contribution is 2.46. The van der Waals surface area contributed by atoms with Crippen molar-refractivity contribution in [3.8, 4) is 17.0 Å². The number of alkyl halides is 3. The Labute approximate surface area is 246 Å². The molecule has 3 aromatic heterocycles. The van der Waals surface area contributed by atoms with Gasteiger partial charge in [-0.3, -0.25) is 4.98 Å². The van der Waals surface area contributed by atoms with Crippen LogP contribution in [0.25, 0.3) is 28.2 Å². The van der Waals surface area contributed by atoms with Crippen LogP contribution in [0.3, 0.4) is 0 Å². The Balaban J connectivity index is 1.21. The summed E-state index contributed by atoms with van der Waals surface area (Å²) in [5.74, 6) is 0.418. The second-order valence-electron chi connectivity index (χ2n) is 11.4. The fraction of sp³-hybridized carbons (Fsp3) is 0.375. The molecule has 0 atom stereocenters. The number of carboxylic acids is 1. The number of pyridine rings is 2. The van der Waals surface area contributed by atoms with Gasteiger partial charge in [0.05, 0.1) is 17.2 Å². The van der Waals surface area contributed by atoms with Crippen LogP contribution in [0, 0.1) is 5.92 Å². The minimum Gasteiger partial charge on any atom is -0.490 e. The van der Waals surface area contributed by atoms with E-state index in [1.54, 1.807) is 0 Å². The number of piperidine rings is 1. The standard InChI is InChI=1S/C32H31F3N4O4/c1-18(2)42-28-16-27(31(40)41)37-26-8-6-21(15-24(26)28)39-13-10-19(11-14-39)3-7-23-29(38-43-30(23)20-4-5-20)22-9-12-36-17-25(22)32(33,34)35/h3,6-9,12,15-20H,4-5,10-11,13-14H2,1-2H3,(H,40,41)/b7-3+. The van der Waals surface area contributed by atoms with Gasteiger partial charge in [0, 0.05) is 59.7 Å². The molecule has 224 valence electrons. The number of benzene rings is 1. The number of aromatic nitrogens is 3. The Bertz CT molecular complexity index is 1690. The van der Waals surface area contributed by atoms with Gasteiger partial charge in [0.1, 0.15) is 17.2 Å². The molecule has 0 spiro atoms. The number of hydrogen-bond acceptors (Lipinski definition) is 7. The van der Waals surface area contributed by atoms with E-state index in [1.165, 1.54) is 18.3 Å². The number of allylic oxidation sites excluding steroid dienone is 1. The van der Waals surface area contributed by atoms with Crippen molar-refractivity contribution < 1.29 is 32.3 Å². The highest BCUT2D eigenvalue weighted by Gasteiger charge is 2.37. The van der Waals surface area contributed by atoms with Gasteiger partial charge in [-0.25, -0.2) is 9.78 Å². The molecule has 2 fully saturated rings. The SMILES string of the molecule is CC(C)Oc1cc(C(=O)O)nc2ccc(N3CCC(/C=C/c4c(-c5ccncc5C(F)(F)F)noc4C4CC4)CC3)cc12. The minimum absolute atomic E-state index is 0.0327. The molecule has 1 aromatic carbocycles. The molecular weight excluding hydrogens is 561 g/mol. The molecule has 1 saturated carbocycles. The summed E-state index contributed by atoms with van der Waals surface area (Å²) in [4.78, 5) is 21.8. The summed E-state index contributed by atoms with van der Waals surface area (Å²) < 4.78 is 52.8. The van der Waals surface area contributed by atoms with E-state index < -0.39 is 17.7 Å². The number of aromatic carboxylic acids is 1. The molecule has 1 N–H and O–H groups in total. The normalized spacial score (nSPS) is 16.5. The maximum Gasteiger partial charge on any atom is 0.418 e. The fourth-order valence-electron chi connectivity index (χ4n) is 5.55. The summed E-state index contributed by atoms with van der Waals surface area (Å²) in [7, 11) is 0. The molecule has 0 radical (unpaired) electrons. The molecule has 1 aliphatic carbocycles. The largest absolute Gasteiger partial charge is 0.490 e. The smallest absolute Gasteiger partial charge is 0.418 e. The second kappa shape index (κ2) is 11.3. The zero-order valence-electron chi connectivity index (χ0n) is 23.8. The average Bonchev–Trinajstić information content (AvgIpc) is 3.74. The van der Waals surface area contributed by atoms with E-state index in [0.717, 1.165) is 56.0 Å². The zero-order chi connectivity index (χ0) is 30.3. The maximum atomic E-state index is 13.8. The van der Waals surface area contributed by atoms with Gasteiger partial charge in [0.2, 0.25) is 0 Å². The number of carboxylic acid groups (broad SMARTS) is 1. The number of carbonyl (C=O) groups is 1. The Morgan fingerprint density at radius 2 is 1.91 bits per heavy atom. The summed E-state index contributed by atoms with van der Waals surface area (Å²) in [6.07, 6.45) is 4.99. The molecule has 0 amide bonds. The van der Waals surface area contributed by atoms with Crippen molar-refractivity contribution in [2.45, 2.75) is 57.7 Å². The molecule has 6 rings (SSSR count). The first-order valence-corrected chi connectivity index (χ1v) is 14.4. The topological polar surface area (TPSA) is 102 Å². The number of anilines is 1. The first-order valence-electron chi connectivity index (χ1n) is 14.4. The Morgan fingerprint density at radius 1 is 1.14 bits per heavy atom. The molecule has 4 heterocycles. The number of halogens is 3. The quantitative estimate of drug-likeness (QED) is 0.223. The van der Waals surface area contributed by atoms with Crippen LogP contribution < -0.4 is 9.64 Å². The number of hydrogen-bond donors (Lipinski definition) is 1. The number of nitrogens with zero attached hydrogens (tertiary/aromatic N) is 4. The molecule has 4 aromatic rings. The van der Waals surface area contributed by atoms with Crippen molar-refractivity contribution in [1.29, 1.82) is 0 Å². The highest BCUT2D eigenvalue weighted by atomic mass is 19.4. The lowest BCUT2D eigenvalue weighted by Gasteiger charge is -2.32. The van der Waals surface area contributed by atoms with Crippen molar-refractivity contribution >= 4 is 28.6 Å². The van der Waals surface area contributed by atoms with Crippen LogP contribution in [0.15, 0.2) is 53.3 Å². The molecule has 0 unspecified atom stereocenters. The number of fused-ring (bicyclic) bond motifs is 1. The van der Waals surface area contributed by atoms with E-state index in [4.69, 9.17) is 9.26 Å². The fourth-order valence-corrected chi connectivity index (χ4v) is 5.55. The molecule has 0 bridgehead atoms. The number of rotatable bonds is 8. The van der Waals surface area contributed by atoms with E-state index in [1.807, 2.05) is 38.1 Å². The third-order valence-electron chi connectivity index (χ3n) is 7.86. The molecule has 43 heavy (non-hydrogen) atoms. The molecular formula is C32H31F3N4O4. The van der Waals surface area contributed by atoms with Crippen molar-refractivity contribution in [3.63, 3.8) is 0 Å². The van der Waals surface area contributed by atoms with Gasteiger partial charge in [-0.15, -0.1) is 0 Å². The summed E-state index contributed by atoms with van der Waals surface area (Å²) in [5.41, 5.74) is 1.42. The minimum atomic E-state index is -4.56. The first kappa shape index (κ1) is 28.7. The second-order valence-corrected chi connectivity index (χ2v) is 11.4. The van der Waals surface area contributed by atoms with E-state index >= 15 is 0 Å². The molecule has 2 aliphatic rings. The molecule has 1 saturated heterocycles. The highest BCUT2D eigenvalue weighted by molar-refractivity contribution is 5.94. The lowest BCUT2D eigenvalue weighted by Crippen LogP contribution is -2.33. The Morgan fingerprint density at radius 3 is 2.58 bits per heavy atom. The van der Waals surface area contributed by atoms with Crippen LogP contribution in [-0.4, -0.2) is 45.4 Å². The van der Waals surface area contributed by atoms with Gasteiger partial charge in [-0.1, -0.05) is 17.3 Å². The Kier molecular flexibility index (Phi) is 7.57. The van der Waals surface area contributed by atoms with Crippen LogP contribution in [0.4, 0.5) is 18.9 Å². The summed E-state index contributed by atoms with van der Waals surface area (Å²) >= 11 is 0. The van der Waals surface area contributed by atoms with Crippen LogP contribution >= 0.6 is 0 Å². The zero-order valence-corrected chi connectivity index (χ0v) is 23.8. The van der Waals surface area contributed by atoms with E-state index in [0.29, 0.717) is 22.6 Å². The van der Waals surface area contributed by atoms with E-state index in [9.17, 15) is 23.1 Å². The third kappa shape index (κ3) is 6.07. The van der Waals surface area contributed by atoms with Gasteiger partial charge < -0.3 is 19.3 Å². The van der Waals surface area contributed by atoms with Gasteiger partial charge in [-0.05, 0) is 69.7 Å². The van der Waals surface area contributed by atoms with Gasteiger partial charge in [0.25, 0.3) is 0 Å². The lowest BCUT2D eigenvalue weighted by atomic mass is 9.93. The van der Waals surface area contributed by atoms with Crippen molar-refractivity contribution in [2.75, 3.05) is 18.0 Å². The molecule has 11 heteroatoms. The van der Waals surface area contributed by atoms with E-state index in [2.05, 4.69) is 26.1 Å². The van der Waals surface area contributed by atoms with Gasteiger partial charge in [-0.2, -0.15) is 13.2 Å². The first-order chi connectivity index (χ1) is 20.6. The molecule has 8 nitrogen and oxygen atoms in total. The predicted octanol–water partition coefficient (Wildman–Crippen LogP) is 7.60. The molecule has 1 aliphatic heterocycles. The Hall–Kier alpha value is -4.41. The van der Waals surface area contributed by atoms with Gasteiger partial charge >= 0.3 is 12.1 Å². The monoisotopic (exact) mass is 592 g/mol. The van der Waals surface area contributed by atoms with Crippen LogP contribution in [0.5, 0.6) is 5.75 Å². The summed E-state index contributed by atoms with van der Waals surface area (Å²) in [6.45, 7) is 5.32. The van der Waals surface area contributed by atoms with Crippen LogP contribution in [0.2, 0.25) is 0 Å². The van der Waals surface area contributed by atoms with Crippen molar-refractivity contribution in [3.05, 3.63) is 71.4 Å². The van der Waals surface area contributed by atoms with E-state index in [-0.39, 0.29) is 34.9 Å². The summed E-state index contributed by atoms with van der Waals surface area (Å²) in [6, 6.07) is 8.54. The van der Waals surface area contributed by atoms with Crippen LogP contribution in [0.1, 0.15) is 72.8 Å². The number of ether oxygens (including phenoxy) is 1. The average molecular weight is 593 g/mol. The van der Waals surface area contributed by atoms with Crippen molar-refractivity contribution in [1.82, 2.24) is 15.1 Å². The van der Waals surface area contributed by atoms with Crippen molar-refractivity contribution in [2.24, 2.45) is 5.92 Å². The van der Waals surface area contributed by atoms with Crippen LogP contribution in [-0.2, 0) is 6.18 Å². The predicted molar refractivity (Wildman–Crippen MR) is 155 cm³/mol. The lowest BCUT2D eigenvalue weighted by molar-refractivity contribution is -0.137. The third-order valence-corrected chi connectivity index (χ3v) is 7.86. The summed E-state index contributed by atoms with van der Waals surface area (Å²) in [5, 5.41) is 14.3. The van der Waals surface area contributed by atoms with Gasteiger partial charge in [0.15, 0.2) is 5.69 Å².